The molecule has 0 saturated carbocycles. The van der Waals surface area contributed by atoms with Gasteiger partial charge in [-0.15, -0.1) is 0 Å². The molecule has 3 aromatic rings. The molecule has 1 unspecified atom stereocenters. The van der Waals surface area contributed by atoms with Crippen LogP contribution in [0.3, 0.4) is 0 Å². The van der Waals surface area contributed by atoms with Gasteiger partial charge in [-0.2, -0.15) is 0 Å². The van der Waals surface area contributed by atoms with Gasteiger partial charge in [0.25, 0.3) is 0 Å². The van der Waals surface area contributed by atoms with E-state index in [-0.39, 0.29) is 0 Å². The Bertz CT molecular complexity index is 780. The highest BCUT2D eigenvalue weighted by Gasteiger charge is 2.15. The summed E-state index contributed by atoms with van der Waals surface area (Å²) in [4.78, 5) is 0. The Balaban J connectivity index is 1.89. The lowest BCUT2D eigenvalue weighted by Gasteiger charge is -2.09. The molecule has 2 aromatic carbocycles. The third-order valence-corrected chi connectivity index (χ3v) is 3.88. The second-order valence-electron chi connectivity index (χ2n) is 4.90. The van der Waals surface area contributed by atoms with Crippen molar-refractivity contribution in [2.45, 2.75) is 12.5 Å². The standard InChI is InChI=1S/C16H12BrF2NO/c17-13-3-1-2-10-7-15(21-16(10)13)14(20)6-9-4-11(18)8-12(19)5-9/h1-5,7-8,14H,6,20H2. The van der Waals surface area contributed by atoms with Crippen molar-refractivity contribution >= 4 is 26.9 Å². The van der Waals surface area contributed by atoms with Crippen molar-refractivity contribution in [3.8, 4) is 0 Å². The minimum absolute atomic E-state index is 0.298. The molecule has 0 bridgehead atoms. The number of furan rings is 1. The van der Waals surface area contributed by atoms with Crippen molar-refractivity contribution in [1.82, 2.24) is 0 Å². The molecule has 0 amide bonds. The van der Waals surface area contributed by atoms with E-state index in [2.05, 4.69) is 15.9 Å². The lowest BCUT2D eigenvalue weighted by Crippen LogP contribution is -2.12. The molecule has 1 aromatic heterocycles. The quantitative estimate of drug-likeness (QED) is 0.741. The summed E-state index contributed by atoms with van der Waals surface area (Å²) in [6, 6.07) is 10.5. The summed E-state index contributed by atoms with van der Waals surface area (Å²) in [5.41, 5.74) is 7.30. The van der Waals surface area contributed by atoms with Gasteiger partial charge in [-0.05, 0) is 52.2 Å². The highest BCUT2D eigenvalue weighted by Crippen LogP contribution is 2.30. The zero-order valence-electron chi connectivity index (χ0n) is 10.9. The Morgan fingerprint density at radius 1 is 1.10 bits per heavy atom. The van der Waals surface area contributed by atoms with E-state index in [1.807, 2.05) is 24.3 Å². The van der Waals surface area contributed by atoms with Crippen molar-refractivity contribution in [1.29, 1.82) is 0 Å². The molecule has 1 heterocycles. The molecular weight excluding hydrogens is 340 g/mol. The van der Waals surface area contributed by atoms with Crippen LogP contribution in [0.4, 0.5) is 8.78 Å². The first kappa shape index (κ1) is 14.2. The van der Waals surface area contributed by atoms with Crippen molar-refractivity contribution < 1.29 is 13.2 Å². The summed E-state index contributed by atoms with van der Waals surface area (Å²) in [5.74, 6) is -0.629. The summed E-state index contributed by atoms with van der Waals surface area (Å²) < 4.78 is 33.0. The van der Waals surface area contributed by atoms with Gasteiger partial charge in [-0.25, -0.2) is 8.78 Å². The summed E-state index contributed by atoms with van der Waals surface area (Å²) >= 11 is 3.41. The highest BCUT2D eigenvalue weighted by atomic mass is 79.9. The van der Waals surface area contributed by atoms with Crippen molar-refractivity contribution in [3.05, 3.63) is 69.9 Å². The topological polar surface area (TPSA) is 39.2 Å². The van der Waals surface area contributed by atoms with E-state index < -0.39 is 17.7 Å². The number of fused-ring (bicyclic) bond motifs is 1. The largest absolute Gasteiger partial charge is 0.458 e. The number of hydrogen-bond acceptors (Lipinski definition) is 2. The molecule has 0 fully saturated rings. The normalized spacial score (nSPS) is 12.8. The number of rotatable bonds is 3. The summed E-state index contributed by atoms with van der Waals surface area (Å²) in [7, 11) is 0. The van der Waals surface area contributed by atoms with Crippen molar-refractivity contribution in [2.24, 2.45) is 5.73 Å². The molecule has 5 heteroatoms. The van der Waals surface area contributed by atoms with Crippen LogP contribution in [0.2, 0.25) is 0 Å². The summed E-state index contributed by atoms with van der Waals surface area (Å²) in [6.07, 6.45) is 0.298. The van der Waals surface area contributed by atoms with Crippen molar-refractivity contribution in [2.75, 3.05) is 0 Å². The Morgan fingerprint density at radius 2 is 1.81 bits per heavy atom. The van der Waals surface area contributed by atoms with Crippen LogP contribution in [0.25, 0.3) is 11.0 Å². The SMILES string of the molecule is NC(Cc1cc(F)cc(F)c1)c1cc2cccc(Br)c2o1. The van der Waals surface area contributed by atoms with Gasteiger partial charge in [0.2, 0.25) is 0 Å². The zero-order valence-corrected chi connectivity index (χ0v) is 12.5. The molecule has 3 rings (SSSR count). The van der Waals surface area contributed by atoms with Gasteiger partial charge in [-0.3, -0.25) is 0 Å². The first-order chi connectivity index (χ1) is 10.0. The van der Waals surface area contributed by atoms with Gasteiger partial charge in [0.1, 0.15) is 23.0 Å². The average Bonchev–Trinajstić information content (AvgIpc) is 2.83. The summed E-state index contributed by atoms with van der Waals surface area (Å²) in [6.45, 7) is 0. The van der Waals surface area contributed by atoms with Crippen LogP contribution < -0.4 is 5.73 Å². The van der Waals surface area contributed by atoms with Crippen molar-refractivity contribution in [3.63, 3.8) is 0 Å². The Labute approximate surface area is 128 Å². The number of hydrogen-bond donors (Lipinski definition) is 1. The monoisotopic (exact) mass is 351 g/mol. The van der Waals surface area contributed by atoms with E-state index in [1.54, 1.807) is 0 Å². The molecule has 21 heavy (non-hydrogen) atoms. The number of benzene rings is 2. The molecule has 0 aliphatic heterocycles. The molecule has 0 aliphatic carbocycles. The van der Waals surface area contributed by atoms with Gasteiger partial charge >= 0.3 is 0 Å². The zero-order chi connectivity index (χ0) is 15.0. The molecular formula is C16H12BrF2NO. The van der Waals surface area contributed by atoms with Crippen LogP contribution in [-0.4, -0.2) is 0 Å². The first-order valence-corrected chi connectivity index (χ1v) is 7.21. The van der Waals surface area contributed by atoms with E-state index in [4.69, 9.17) is 10.2 Å². The smallest absolute Gasteiger partial charge is 0.148 e. The lowest BCUT2D eigenvalue weighted by molar-refractivity contribution is 0.491. The average molecular weight is 352 g/mol. The maximum absolute atomic E-state index is 13.2. The minimum Gasteiger partial charge on any atom is -0.458 e. The predicted molar refractivity (Wildman–Crippen MR) is 80.9 cm³/mol. The second-order valence-corrected chi connectivity index (χ2v) is 5.75. The Hall–Kier alpha value is -1.72. The van der Waals surface area contributed by atoms with Crippen LogP contribution in [0, 0.1) is 11.6 Å². The predicted octanol–water partition coefficient (Wildman–Crippen LogP) is 4.72. The second kappa shape index (κ2) is 5.58. The molecule has 2 N–H and O–H groups in total. The van der Waals surface area contributed by atoms with Crippen LogP contribution in [0.5, 0.6) is 0 Å². The minimum atomic E-state index is -0.607. The van der Waals surface area contributed by atoms with E-state index in [0.29, 0.717) is 23.3 Å². The first-order valence-electron chi connectivity index (χ1n) is 6.41. The third-order valence-electron chi connectivity index (χ3n) is 3.26. The number of halogens is 3. The van der Waals surface area contributed by atoms with Gasteiger partial charge in [0.05, 0.1) is 10.5 Å². The van der Waals surface area contributed by atoms with Crippen LogP contribution in [0.15, 0.2) is 51.4 Å². The van der Waals surface area contributed by atoms with Gasteiger partial charge in [-0.1, -0.05) is 12.1 Å². The fraction of sp³-hybridized carbons (Fsp3) is 0.125. The Morgan fingerprint density at radius 3 is 2.48 bits per heavy atom. The fourth-order valence-electron chi connectivity index (χ4n) is 2.31. The molecule has 0 radical (unpaired) electrons. The molecule has 2 nitrogen and oxygen atoms in total. The van der Waals surface area contributed by atoms with E-state index in [0.717, 1.165) is 15.9 Å². The van der Waals surface area contributed by atoms with E-state index >= 15 is 0 Å². The maximum atomic E-state index is 13.2. The molecule has 1 atom stereocenters. The van der Waals surface area contributed by atoms with Crippen LogP contribution >= 0.6 is 15.9 Å². The number of nitrogens with two attached hydrogens (primary N) is 1. The Kier molecular flexibility index (Phi) is 3.78. The molecule has 0 spiro atoms. The van der Waals surface area contributed by atoms with Gasteiger partial charge < -0.3 is 10.2 Å². The lowest BCUT2D eigenvalue weighted by atomic mass is 10.0. The van der Waals surface area contributed by atoms with E-state index in [9.17, 15) is 8.78 Å². The molecule has 108 valence electrons. The van der Waals surface area contributed by atoms with Crippen LogP contribution in [-0.2, 0) is 6.42 Å². The number of para-hydroxylation sites is 1. The van der Waals surface area contributed by atoms with Gasteiger partial charge in [0.15, 0.2) is 0 Å². The van der Waals surface area contributed by atoms with E-state index in [1.165, 1.54) is 12.1 Å². The molecule has 0 saturated heterocycles. The maximum Gasteiger partial charge on any atom is 0.148 e. The molecule has 0 aliphatic rings. The fourth-order valence-corrected chi connectivity index (χ4v) is 2.78. The van der Waals surface area contributed by atoms with Crippen LogP contribution in [0.1, 0.15) is 17.4 Å². The third kappa shape index (κ3) is 2.99. The van der Waals surface area contributed by atoms with Gasteiger partial charge in [0, 0.05) is 11.5 Å². The summed E-state index contributed by atoms with van der Waals surface area (Å²) in [5, 5.41) is 0.931. The highest BCUT2D eigenvalue weighted by molar-refractivity contribution is 9.10.